The first-order chi connectivity index (χ1) is 29.6. The lowest BCUT2D eigenvalue weighted by atomic mass is 10.0. The van der Waals surface area contributed by atoms with Crippen LogP contribution in [0.3, 0.4) is 0 Å². The van der Waals surface area contributed by atoms with E-state index in [1.54, 1.807) is 0 Å². The Hall–Kier alpha value is -1.80. The van der Waals surface area contributed by atoms with Gasteiger partial charge in [0.15, 0.2) is 0 Å². The fourth-order valence-electron chi connectivity index (χ4n) is 6.76. The van der Waals surface area contributed by atoms with Crippen molar-refractivity contribution in [2.24, 2.45) is 0 Å². The summed E-state index contributed by atoms with van der Waals surface area (Å²) in [6.45, 7) is 5.47. The average molecular weight is 879 g/mol. The third kappa shape index (κ3) is 49.1. The van der Waals surface area contributed by atoms with Crippen LogP contribution in [0.1, 0.15) is 206 Å². The van der Waals surface area contributed by atoms with Gasteiger partial charge in [0.25, 0.3) is 0 Å². The van der Waals surface area contributed by atoms with Crippen LogP contribution >= 0.6 is 7.82 Å². The molecule has 0 bridgehead atoms. The number of hydrogen-bond acceptors (Lipinski definition) is 6. The van der Waals surface area contributed by atoms with Crippen LogP contribution in [0.25, 0.3) is 0 Å². The Kier molecular flexibility index (Phi) is 43.5. The van der Waals surface area contributed by atoms with E-state index in [1.165, 1.54) is 103 Å². The third-order valence-corrected chi connectivity index (χ3v) is 11.6. The van der Waals surface area contributed by atoms with Gasteiger partial charge in [-0.1, -0.05) is 203 Å². The number of carbonyl (C=O) groups is 1. The highest BCUT2D eigenvalue weighted by Gasteiger charge is 2.26. The Morgan fingerprint density at radius 3 is 1.43 bits per heavy atom. The average Bonchev–Trinajstić information content (AvgIpc) is 3.22. The number of unbranched alkanes of at least 4 members (excludes halogenated alkanes) is 22. The van der Waals surface area contributed by atoms with Gasteiger partial charge in [-0.25, -0.2) is 4.57 Å². The van der Waals surface area contributed by atoms with Crippen LogP contribution in [-0.4, -0.2) is 75.6 Å². The van der Waals surface area contributed by atoms with Gasteiger partial charge in [0, 0.05) is 13.0 Å². The summed E-state index contributed by atoms with van der Waals surface area (Å²) in [6.07, 6.45) is 56.9. The number of quaternary nitrogens is 1. The Bertz CT molecular complexity index is 1160. The van der Waals surface area contributed by atoms with Crippen LogP contribution in [0.5, 0.6) is 0 Å². The predicted octanol–water partition coefficient (Wildman–Crippen LogP) is 15.3. The molecule has 0 aliphatic heterocycles. The molecule has 0 aromatic heterocycles. The number of allylic oxidation sites excluding steroid dienone is 10. The van der Waals surface area contributed by atoms with Gasteiger partial charge in [-0.2, -0.15) is 0 Å². The van der Waals surface area contributed by atoms with Crippen LogP contribution in [0, 0.1) is 0 Å². The zero-order chi connectivity index (χ0) is 44.8. The maximum atomic E-state index is 12.8. The minimum Gasteiger partial charge on any atom is -0.457 e. The first kappa shape index (κ1) is 59.2. The van der Waals surface area contributed by atoms with E-state index in [-0.39, 0.29) is 25.8 Å². The van der Waals surface area contributed by atoms with Gasteiger partial charge in [-0.3, -0.25) is 13.8 Å². The summed E-state index contributed by atoms with van der Waals surface area (Å²) in [4.78, 5) is 23.0. The highest BCUT2D eigenvalue weighted by Crippen LogP contribution is 2.43. The topological polar surface area (TPSA) is 91.3 Å². The summed E-state index contributed by atoms with van der Waals surface area (Å²) in [6, 6.07) is 0. The normalized spacial score (nSPS) is 14.1. The monoisotopic (exact) mass is 879 g/mol. The Labute approximate surface area is 377 Å². The van der Waals surface area contributed by atoms with Gasteiger partial charge in [0.05, 0.1) is 34.4 Å². The molecule has 0 saturated carbocycles. The number of likely N-dealkylation sites (N-methyl/N-ethyl adjacent to an activating group) is 1. The molecule has 0 aromatic carbocycles. The lowest BCUT2D eigenvalue weighted by Gasteiger charge is -2.24. The van der Waals surface area contributed by atoms with Gasteiger partial charge < -0.3 is 18.9 Å². The molecule has 0 fully saturated rings. The van der Waals surface area contributed by atoms with Crippen LogP contribution in [-0.2, 0) is 27.9 Å². The predicted molar refractivity (Wildman–Crippen MR) is 261 cm³/mol. The van der Waals surface area contributed by atoms with E-state index < -0.39 is 13.9 Å². The Morgan fingerprint density at radius 1 is 0.525 bits per heavy atom. The SMILES string of the molecule is CC/C=C\C/C=C\C/C=C\C/C=C\C/C=C\CCCCCCOCC(COP(=O)(O)OCC[N+](C)(C)C)OC(=O)CCCCCCCCCCCCCCCCCCCCC. The van der Waals surface area contributed by atoms with Crippen LogP contribution in [0.2, 0.25) is 0 Å². The first-order valence-corrected chi connectivity index (χ1v) is 26.5. The van der Waals surface area contributed by atoms with E-state index >= 15 is 0 Å². The molecule has 0 spiro atoms. The standard InChI is InChI=1S/C52H96NO7P/c1-6-8-10-12-14-16-18-20-22-24-26-28-30-32-34-36-38-40-42-44-47-57-49-51(50-59-61(55,56)58-48-46-53(3,4)5)60-52(54)45-43-41-39-37-35-33-31-29-27-25-23-21-19-17-15-13-11-9-7-2/h8,10,14,16,20,22,26,28,32,34,51H,6-7,9,11-13,15,17-19,21,23-25,27,29-31,33,35-50H2,1-5H3/p+1/b10-8-,16-14-,22-20-,28-26-,34-32-. The second-order valence-electron chi connectivity index (χ2n) is 17.8. The number of carbonyl (C=O) groups excluding carboxylic acids is 1. The van der Waals surface area contributed by atoms with Crippen molar-refractivity contribution in [2.45, 2.75) is 213 Å². The van der Waals surface area contributed by atoms with Crippen molar-refractivity contribution in [3.8, 4) is 0 Å². The molecular weight excluding hydrogens is 782 g/mol. The summed E-state index contributed by atoms with van der Waals surface area (Å²) < 4.78 is 35.1. The molecule has 0 aliphatic rings. The molecule has 0 aromatic rings. The Balaban J connectivity index is 4.21. The second-order valence-corrected chi connectivity index (χ2v) is 19.3. The molecule has 9 heteroatoms. The number of hydrogen-bond donors (Lipinski definition) is 1. The van der Waals surface area contributed by atoms with E-state index in [1.807, 2.05) is 21.1 Å². The molecule has 8 nitrogen and oxygen atoms in total. The molecule has 0 radical (unpaired) electrons. The maximum absolute atomic E-state index is 12.8. The highest BCUT2D eigenvalue weighted by atomic mass is 31.2. The van der Waals surface area contributed by atoms with E-state index in [9.17, 15) is 14.3 Å². The molecule has 0 rings (SSSR count). The van der Waals surface area contributed by atoms with Crippen molar-refractivity contribution >= 4 is 13.8 Å². The van der Waals surface area contributed by atoms with E-state index in [0.29, 0.717) is 24.1 Å². The number of phosphoric acid groups is 1. The third-order valence-electron chi connectivity index (χ3n) is 10.6. The summed E-state index contributed by atoms with van der Waals surface area (Å²) in [5, 5.41) is 0. The minimum absolute atomic E-state index is 0.0821. The van der Waals surface area contributed by atoms with Crippen molar-refractivity contribution in [3.05, 3.63) is 60.8 Å². The maximum Gasteiger partial charge on any atom is 0.472 e. The number of nitrogens with zero attached hydrogens (tertiary/aromatic N) is 1. The van der Waals surface area contributed by atoms with E-state index in [2.05, 4.69) is 74.6 Å². The van der Waals surface area contributed by atoms with Gasteiger partial charge >= 0.3 is 13.8 Å². The molecule has 0 aliphatic carbocycles. The van der Waals surface area contributed by atoms with Gasteiger partial charge in [-0.15, -0.1) is 0 Å². The van der Waals surface area contributed by atoms with Gasteiger partial charge in [0.2, 0.25) is 0 Å². The van der Waals surface area contributed by atoms with Gasteiger partial charge in [-0.05, 0) is 57.8 Å². The van der Waals surface area contributed by atoms with Crippen molar-refractivity contribution < 1.29 is 37.3 Å². The lowest BCUT2D eigenvalue weighted by Crippen LogP contribution is -2.37. The van der Waals surface area contributed by atoms with Crippen LogP contribution in [0.4, 0.5) is 0 Å². The van der Waals surface area contributed by atoms with Crippen molar-refractivity contribution in [1.29, 1.82) is 0 Å². The summed E-state index contributed by atoms with van der Waals surface area (Å²) in [5.74, 6) is -0.321. The largest absolute Gasteiger partial charge is 0.472 e. The number of rotatable bonds is 46. The van der Waals surface area contributed by atoms with Crippen molar-refractivity contribution in [1.82, 2.24) is 0 Å². The van der Waals surface area contributed by atoms with Crippen molar-refractivity contribution in [3.63, 3.8) is 0 Å². The molecule has 2 unspecified atom stereocenters. The quantitative estimate of drug-likeness (QED) is 0.0214. The number of phosphoric ester groups is 1. The van der Waals surface area contributed by atoms with E-state index in [0.717, 1.165) is 83.5 Å². The minimum atomic E-state index is -4.29. The number of esters is 1. The fraction of sp³-hybridized carbons (Fsp3) is 0.788. The number of ether oxygens (including phenoxy) is 2. The Morgan fingerprint density at radius 2 is 0.951 bits per heavy atom. The lowest BCUT2D eigenvalue weighted by molar-refractivity contribution is -0.870. The summed E-state index contributed by atoms with van der Waals surface area (Å²) in [5.41, 5.74) is 0. The highest BCUT2D eigenvalue weighted by molar-refractivity contribution is 7.47. The smallest absolute Gasteiger partial charge is 0.457 e. The van der Waals surface area contributed by atoms with E-state index in [4.69, 9.17) is 18.5 Å². The van der Waals surface area contributed by atoms with Crippen LogP contribution in [0.15, 0.2) is 60.8 Å². The van der Waals surface area contributed by atoms with Crippen molar-refractivity contribution in [2.75, 3.05) is 54.1 Å². The second kappa shape index (κ2) is 44.8. The molecule has 356 valence electrons. The first-order valence-electron chi connectivity index (χ1n) is 25.0. The molecule has 1 N–H and O–H groups in total. The zero-order valence-electron chi connectivity index (χ0n) is 40.4. The molecular formula is C52H97NO7P+. The van der Waals surface area contributed by atoms with Gasteiger partial charge in [0.1, 0.15) is 19.3 Å². The summed E-state index contributed by atoms with van der Waals surface area (Å²) >= 11 is 0. The molecule has 0 amide bonds. The molecule has 0 heterocycles. The molecule has 61 heavy (non-hydrogen) atoms. The van der Waals surface area contributed by atoms with Crippen LogP contribution < -0.4 is 0 Å². The molecule has 2 atom stereocenters. The molecule has 0 saturated heterocycles. The summed E-state index contributed by atoms with van der Waals surface area (Å²) in [7, 11) is 1.65. The fourth-order valence-corrected chi connectivity index (χ4v) is 7.50. The zero-order valence-corrected chi connectivity index (χ0v) is 41.3.